The fourth-order valence-electron chi connectivity index (χ4n) is 2.97. The van der Waals surface area contributed by atoms with E-state index in [2.05, 4.69) is 9.88 Å². The first-order valence-corrected chi connectivity index (χ1v) is 9.10. The second kappa shape index (κ2) is 7.06. The van der Waals surface area contributed by atoms with E-state index in [4.69, 9.17) is 11.6 Å². The zero-order chi connectivity index (χ0) is 15.5. The van der Waals surface area contributed by atoms with Crippen LogP contribution in [-0.4, -0.2) is 58.5 Å². The molecule has 1 aliphatic heterocycles. The number of hydrogen-bond acceptors (Lipinski definition) is 5. The van der Waals surface area contributed by atoms with E-state index in [0.717, 1.165) is 61.1 Å². The number of fused-ring (bicyclic) bond motifs is 1. The Morgan fingerprint density at radius 2 is 2.00 bits per heavy atom. The van der Waals surface area contributed by atoms with E-state index < -0.39 is 0 Å². The SMILES string of the molecule is O=C1CCCc2nc(CN3CCN(C(=O)CCCl)CC3)sc21. The molecule has 1 fully saturated rings. The third-order valence-corrected chi connectivity index (χ3v) is 5.52. The van der Waals surface area contributed by atoms with Crippen LogP contribution in [0.1, 0.15) is 39.6 Å². The lowest BCUT2D eigenvalue weighted by Gasteiger charge is -2.34. The van der Waals surface area contributed by atoms with Crippen LogP contribution in [0.2, 0.25) is 0 Å². The van der Waals surface area contributed by atoms with E-state index in [0.29, 0.717) is 18.7 Å². The van der Waals surface area contributed by atoms with E-state index in [-0.39, 0.29) is 11.7 Å². The van der Waals surface area contributed by atoms with E-state index in [1.165, 1.54) is 0 Å². The zero-order valence-corrected chi connectivity index (χ0v) is 14.1. The number of piperazine rings is 1. The molecule has 2 heterocycles. The number of aromatic nitrogens is 1. The number of carbonyl (C=O) groups excluding carboxylic acids is 2. The lowest BCUT2D eigenvalue weighted by Crippen LogP contribution is -2.48. The number of amides is 1. The molecule has 3 rings (SSSR count). The number of thiazole rings is 1. The molecule has 0 spiro atoms. The lowest BCUT2D eigenvalue weighted by molar-refractivity contribution is -0.132. The molecule has 1 aromatic rings. The predicted molar refractivity (Wildman–Crippen MR) is 86.6 cm³/mol. The molecule has 120 valence electrons. The molecule has 0 N–H and O–H groups in total. The number of hydrogen-bond donors (Lipinski definition) is 0. The average molecular weight is 342 g/mol. The van der Waals surface area contributed by atoms with Crippen molar-refractivity contribution in [3.05, 3.63) is 15.6 Å². The third kappa shape index (κ3) is 3.50. The number of rotatable bonds is 4. The molecule has 1 aromatic heterocycles. The van der Waals surface area contributed by atoms with E-state index in [9.17, 15) is 9.59 Å². The van der Waals surface area contributed by atoms with Gasteiger partial charge in [0.05, 0.1) is 17.1 Å². The molecule has 0 atom stereocenters. The summed E-state index contributed by atoms with van der Waals surface area (Å²) in [4.78, 5) is 33.4. The molecule has 5 nitrogen and oxygen atoms in total. The number of carbonyl (C=O) groups is 2. The molecule has 0 bridgehead atoms. The molecule has 1 amide bonds. The topological polar surface area (TPSA) is 53.5 Å². The van der Waals surface area contributed by atoms with Crippen LogP contribution < -0.4 is 0 Å². The Hall–Kier alpha value is -0.980. The first kappa shape index (κ1) is 15.9. The Morgan fingerprint density at radius 3 is 2.68 bits per heavy atom. The minimum Gasteiger partial charge on any atom is -0.340 e. The van der Waals surface area contributed by atoms with Gasteiger partial charge in [-0.2, -0.15) is 0 Å². The molecule has 2 aliphatic rings. The monoisotopic (exact) mass is 341 g/mol. The van der Waals surface area contributed by atoms with Gasteiger partial charge in [0.15, 0.2) is 5.78 Å². The fraction of sp³-hybridized carbons (Fsp3) is 0.667. The van der Waals surface area contributed by atoms with Crippen molar-refractivity contribution in [1.29, 1.82) is 0 Å². The van der Waals surface area contributed by atoms with Gasteiger partial charge >= 0.3 is 0 Å². The van der Waals surface area contributed by atoms with Crippen molar-refractivity contribution < 1.29 is 9.59 Å². The number of aryl methyl sites for hydroxylation is 1. The van der Waals surface area contributed by atoms with Gasteiger partial charge in [0, 0.05) is 44.9 Å². The Kier molecular flexibility index (Phi) is 5.10. The van der Waals surface area contributed by atoms with Crippen LogP contribution in [0.3, 0.4) is 0 Å². The highest BCUT2D eigenvalue weighted by Crippen LogP contribution is 2.27. The lowest BCUT2D eigenvalue weighted by atomic mass is 10.0. The summed E-state index contributed by atoms with van der Waals surface area (Å²) in [5, 5.41) is 1.03. The normalized spacial score (nSPS) is 19.3. The Morgan fingerprint density at radius 1 is 1.23 bits per heavy atom. The summed E-state index contributed by atoms with van der Waals surface area (Å²) < 4.78 is 0. The second-order valence-electron chi connectivity index (χ2n) is 5.76. The summed E-state index contributed by atoms with van der Waals surface area (Å²) in [5.41, 5.74) is 0.993. The third-order valence-electron chi connectivity index (χ3n) is 4.20. The van der Waals surface area contributed by atoms with Gasteiger partial charge in [-0.05, 0) is 12.8 Å². The Labute approximate surface area is 139 Å². The maximum absolute atomic E-state index is 11.9. The van der Waals surface area contributed by atoms with E-state index >= 15 is 0 Å². The van der Waals surface area contributed by atoms with Crippen molar-refractivity contribution in [3.63, 3.8) is 0 Å². The van der Waals surface area contributed by atoms with Crippen molar-refractivity contribution in [2.45, 2.75) is 32.2 Å². The minimum absolute atomic E-state index is 0.143. The molecule has 0 saturated carbocycles. The maximum atomic E-state index is 11.9. The molecule has 0 aromatic carbocycles. The van der Waals surface area contributed by atoms with Crippen molar-refractivity contribution in [2.75, 3.05) is 32.1 Å². The molecule has 1 saturated heterocycles. The van der Waals surface area contributed by atoms with E-state index in [1.807, 2.05) is 4.90 Å². The maximum Gasteiger partial charge on any atom is 0.223 e. The average Bonchev–Trinajstić information content (AvgIpc) is 2.92. The first-order chi connectivity index (χ1) is 10.7. The predicted octanol–water partition coefficient (Wildman–Crippen LogP) is 1.94. The highest BCUT2D eigenvalue weighted by Gasteiger charge is 2.25. The smallest absolute Gasteiger partial charge is 0.223 e. The van der Waals surface area contributed by atoms with Crippen LogP contribution in [0.5, 0.6) is 0 Å². The van der Waals surface area contributed by atoms with Crippen LogP contribution in [0.15, 0.2) is 0 Å². The van der Waals surface area contributed by atoms with Crippen LogP contribution >= 0.6 is 22.9 Å². The van der Waals surface area contributed by atoms with Crippen molar-refractivity contribution >= 4 is 34.6 Å². The quantitative estimate of drug-likeness (QED) is 0.785. The largest absolute Gasteiger partial charge is 0.340 e. The Balaban J connectivity index is 1.55. The molecule has 0 unspecified atom stereocenters. The number of Topliss-reactive ketones (excluding diaryl/α,β-unsaturated/α-hetero) is 1. The molecular weight excluding hydrogens is 322 g/mol. The van der Waals surface area contributed by atoms with Crippen molar-refractivity contribution in [3.8, 4) is 0 Å². The Bertz CT molecular complexity index is 567. The summed E-state index contributed by atoms with van der Waals surface area (Å²) in [7, 11) is 0. The minimum atomic E-state index is 0.143. The van der Waals surface area contributed by atoms with Gasteiger partial charge in [0.1, 0.15) is 5.01 Å². The molecule has 22 heavy (non-hydrogen) atoms. The van der Waals surface area contributed by atoms with Crippen molar-refractivity contribution in [2.24, 2.45) is 0 Å². The molecule has 7 heteroatoms. The van der Waals surface area contributed by atoms with Crippen LogP contribution in [0, 0.1) is 0 Å². The zero-order valence-electron chi connectivity index (χ0n) is 12.5. The fourth-order valence-corrected chi connectivity index (χ4v) is 4.25. The van der Waals surface area contributed by atoms with Crippen LogP contribution in [0.4, 0.5) is 0 Å². The summed E-state index contributed by atoms with van der Waals surface area (Å²) in [5.74, 6) is 0.782. The number of halogens is 1. The van der Waals surface area contributed by atoms with Gasteiger partial charge in [0.2, 0.25) is 5.91 Å². The van der Waals surface area contributed by atoms with Crippen LogP contribution in [0.25, 0.3) is 0 Å². The van der Waals surface area contributed by atoms with Crippen LogP contribution in [-0.2, 0) is 17.8 Å². The van der Waals surface area contributed by atoms with Gasteiger partial charge in [0.25, 0.3) is 0 Å². The highest BCUT2D eigenvalue weighted by molar-refractivity contribution is 7.13. The number of alkyl halides is 1. The molecular formula is C15H20ClN3O2S. The number of nitrogens with zero attached hydrogens (tertiary/aromatic N) is 3. The van der Waals surface area contributed by atoms with Gasteiger partial charge in [-0.15, -0.1) is 22.9 Å². The first-order valence-electron chi connectivity index (χ1n) is 7.75. The summed E-state index contributed by atoms with van der Waals surface area (Å²) in [6.07, 6.45) is 2.94. The summed E-state index contributed by atoms with van der Waals surface area (Å²) in [6.45, 7) is 3.99. The van der Waals surface area contributed by atoms with Gasteiger partial charge < -0.3 is 4.90 Å². The van der Waals surface area contributed by atoms with Gasteiger partial charge in [-0.25, -0.2) is 4.98 Å². The van der Waals surface area contributed by atoms with Gasteiger partial charge in [-0.1, -0.05) is 0 Å². The molecule has 1 aliphatic carbocycles. The highest BCUT2D eigenvalue weighted by atomic mass is 35.5. The number of ketones is 1. The standard InChI is InChI=1S/C15H20ClN3O2S/c16-5-4-14(21)19-8-6-18(7-9-19)10-13-17-11-2-1-3-12(20)15(11)22-13/h1-10H2. The second-order valence-corrected chi connectivity index (χ2v) is 7.22. The summed E-state index contributed by atoms with van der Waals surface area (Å²) in [6, 6.07) is 0. The summed E-state index contributed by atoms with van der Waals surface area (Å²) >= 11 is 7.17. The molecule has 0 radical (unpaired) electrons. The van der Waals surface area contributed by atoms with E-state index in [1.54, 1.807) is 11.3 Å². The van der Waals surface area contributed by atoms with Crippen molar-refractivity contribution in [1.82, 2.24) is 14.8 Å². The van der Waals surface area contributed by atoms with Gasteiger partial charge in [-0.3, -0.25) is 14.5 Å².